The molecular formula is C12H12Cl2N2O4S. The van der Waals surface area contributed by atoms with Gasteiger partial charge in [0.1, 0.15) is 0 Å². The first-order valence-electron chi connectivity index (χ1n) is 5.53. The van der Waals surface area contributed by atoms with E-state index in [1.165, 1.54) is 0 Å². The average molecular weight is 351 g/mol. The van der Waals surface area contributed by atoms with E-state index in [1.807, 2.05) is 0 Å². The first-order chi connectivity index (χ1) is 9.66. The number of rotatable bonds is 3. The Labute approximate surface area is 132 Å². The number of hydrogen-bond donors (Lipinski definition) is 1. The third kappa shape index (κ3) is 7.24. The second-order valence-electron chi connectivity index (χ2n) is 4.02. The molecule has 0 unspecified atom stereocenters. The van der Waals surface area contributed by atoms with Gasteiger partial charge in [-0.1, -0.05) is 23.2 Å². The molecule has 2 aromatic rings. The van der Waals surface area contributed by atoms with E-state index in [1.54, 1.807) is 41.5 Å². The molecule has 1 heterocycles. The Morgan fingerprint density at radius 1 is 1.38 bits per heavy atom. The van der Waals surface area contributed by atoms with Crippen LogP contribution in [0.15, 0.2) is 36.9 Å². The summed E-state index contributed by atoms with van der Waals surface area (Å²) in [6, 6.07) is 4.84. The van der Waals surface area contributed by atoms with E-state index < -0.39 is 10.1 Å². The van der Waals surface area contributed by atoms with Crippen molar-refractivity contribution in [1.29, 1.82) is 0 Å². The van der Waals surface area contributed by atoms with Gasteiger partial charge in [-0.2, -0.15) is 8.42 Å². The summed E-state index contributed by atoms with van der Waals surface area (Å²) in [5.41, 5.74) is 0.472. The van der Waals surface area contributed by atoms with Gasteiger partial charge in [-0.3, -0.25) is 9.35 Å². The zero-order chi connectivity index (χ0) is 16.0. The minimum Gasteiger partial charge on any atom is -0.330 e. The average Bonchev–Trinajstić information content (AvgIpc) is 2.79. The molecule has 2 rings (SSSR count). The predicted octanol–water partition coefficient (Wildman–Crippen LogP) is 2.58. The number of carbonyl (C=O) groups excluding carboxylic acids is 1. The van der Waals surface area contributed by atoms with Gasteiger partial charge in [-0.05, 0) is 18.2 Å². The lowest BCUT2D eigenvalue weighted by Crippen LogP contribution is -2.09. The lowest BCUT2D eigenvalue weighted by Gasteiger charge is -2.04. The molecule has 21 heavy (non-hydrogen) atoms. The fourth-order valence-corrected chi connectivity index (χ4v) is 1.86. The highest BCUT2D eigenvalue weighted by atomic mass is 35.5. The minimum absolute atomic E-state index is 0.0698. The van der Waals surface area contributed by atoms with Gasteiger partial charge in [0.15, 0.2) is 5.78 Å². The van der Waals surface area contributed by atoms with Crippen LogP contribution in [-0.2, 0) is 16.7 Å². The molecule has 6 nitrogen and oxygen atoms in total. The highest BCUT2D eigenvalue weighted by molar-refractivity contribution is 7.85. The Hall–Kier alpha value is -1.41. The Kier molecular flexibility index (Phi) is 6.35. The fourth-order valence-electron chi connectivity index (χ4n) is 1.35. The first-order valence-corrected chi connectivity index (χ1v) is 8.13. The number of benzene rings is 1. The van der Waals surface area contributed by atoms with Gasteiger partial charge in [0.05, 0.1) is 24.2 Å². The molecule has 1 aromatic heterocycles. The van der Waals surface area contributed by atoms with Crippen molar-refractivity contribution >= 4 is 39.1 Å². The van der Waals surface area contributed by atoms with E-state index in [2.05, 4.69) is 4.98 Å². The van der Waals surface area contributed by atoms with Crippen LogP contribution in [0.3, 0.4) is 0 Å². The zero-order valence-corrected chi connectivity index (χ0v) is 13.2. The molecule has 0 spiro atoms. The lowest BCUT2D eigenvalue weighted by molar-refractivity contribution is 0.0972. The van der Waals surface area contributed by atoms with Gasteiger partial charge < -0.3 is 4.57 Å². The number of nitrogens with zero attached hydrogens (tertiary/aromatic N) is 2. The summed E-state index contributed by atoms with van der Waals surface area (Å²) < 4.78 is 27.6. The maximum Gasteiger partial charge on any atom is 0.261 e. The van der Waals surface area contributed by atoms with Crippen LogP contribution in [0.5, 0.6) is 0 Å². The van der Waals surface area contributed by atoms with E-state index in [9.17, 15) is 13.2 Å². The molecule has 0 aliphatic carbocycles. The van der Waals surface area contributed by atoms with Gasteiger partial charge >= 0.3 is 0 Å². The molecule has 114 valence electrons. The highest BCUT2D eigenvalue weighted by Gasteiger charge is 2.10. The van der Waals surface area contributed by atoms with E-state index in [4.69, 9.17) is 27.8 Å². The molecular weight excluding hydrogens is 339 g/mol. The van der Waals surface area contributed by atoms with Crippen molar-refractivity contribution in [2.45, 2.75) is 6.54 Å². The van der Waals surface area contributed by atoms with Crippen LogP contribution < -0.4 is 0 Å². The molecule has 0 aliphatic heterocycles. The molecule has 9 heteroatoms. The third-order valence-electron chi connectivity index (χ3n) is 2.12. The molecule has 0 saturated carbocycles. The lowest BCUT2D eigenvalue weighted by atomic mass is 10.1. The van der Waals surface area contributed by atoms with Gasteiger partial charge in [0.2, 0.25) is 0 Å². The number of imidazole rings is 1. The van der Waals surface area contributed by atoms with Gasteiger partial charge in [-0.25, -0.2) is 4.98 Å². The van der Waals surface area contributed by atoms with Crippen molar-refractivity contribution in [2.24, 2.45) is 0 Å². The smallest absolute Gasteiger partial charge is 0.261 e. The maximum atomic E-state index is 11.9. The van der Waals surface area contributed by atoms with E-state index in [-0.39, 0.29) is 12.3 Å². The largest absolute Gasteiger partial charge is 0.330 e. The van der Waals surface area contributed by atoms with Crippen molar-refractivity contribution in [3.63, 3.8) is 0 Å². The molecule has 1 aromatic carbocycles. The molecule has 0 fully saturated rings. The summed E-state index contributed by atoms with van der Waals surface area (Å²) >= 11 is 11.7. The minimum atomic E-state index is -3.67. The summed E-state index contributed by atoms with van der Waals surface area (Å²) in [6.07, 6.45) is 5.65. The molecule has 0 aliphatic rings. The predicted molar refractivity (Wildman–Crippen MR) is 80.5 cm³/mol. The van der Waals surface area contributed by atoms with Crippen molar-refractivity contribution in [3.05, 3.63) is 52.5 Å². The summed E-state index contributed by atoms with van der Waals surface area (Å²) in [5.74, 6) is -0.0698. The summed E-state index contributed by atoms with van der Waals surface area (Å²) in [4.78, 5) is 15.7. The van der Waals surface area contributed by atoms with Crippen molar-refractivity contribution in [2.75, 3.05) is 6.26 Å². The molecule has 1 N–H and O–H groups in total. The number of ketones is 1. The van der Waals surface area contributed by atoms with E-state index >= 15 is 0 Å². The van der Waals surface area contributed by atoms with Crippen molar-refractivity contribution in [3.8, 4) is 0 Å². The Bertz CT molecular complexity index is 707. The molecule has 0 saturated heterocycles. The number of hydrogen-bond acceptors (Lipinski definition) is 4. The Morgan fingerprint density at radius 3 is 2.48 bits per heavy atom. The molecule has 0 amide bonds. The van der Waals surface area contributed by atoms with Crippen LogP contribution in [0.2, 0.25) is 10.0 Å². The summed E-state index contributed by atoms with van der Waals surface area (Å²) in [6.45, 7) is 0.224. The highest BCUT2D eigenvalue weighted by Crippen LogP contribution is 2.21. The van der Waals surface area contributed by atoms with E-state index in [0.717, 1.165) is 0 Å². The number of halogens is 2. The fraction of sp³-hybridized carbons (Fsp3) is 0.167. The zero-order valence-electron chi connectivity index (χ0n) is 10.9. The molecule has 0 bridgehead atoms. The van der Waals surface area contributed by atoms with Crippen LogP contribution in [0.4, 0.5) is 0 Å². The Balaban J connectivity index is 0.000000383. The second kappa shape index (κ2) is 7.56. The standard InChI is InChI=1S/C11H8Cl2N2O.CH4O3S/c12-8-1-2-9(10(13)5-8)11(16)6-15-4-3-14-7-15;1-5(2,3)4/h1-5,7H,6H2;1H3,(H,2,3,4). The van der Waals surface area contributed by atoms with Crippen LogP contribution in [0.25, 0.3) is 0 Å². The second-order valence-corrected chi connectivity index (χ2v) is 6.33. The third-order valence-corrected chi connectivity index (χ3v) is 2.66. The topological polar surface area (TPSA) is 89.3 Å². The molecule has 0 atom stereocenters. The summed E-state index contributed by atoms with van der Waals surface area (Å²) in [7, 11) is -3.67. The van der Waals surface area contributed by atoms with Crippen molar-refractivity contribution < 1.29 is 17.8 Å². The van der Waals surface area contributed by atoms with Gasteiger partial charge in [0.25, 0.3) is 10.1 Å². The number of aromatic nitrogens is 2. The van der Waals surface area contributed by atoms with Gasteiger partial charge in [-0.15, -0.1) is 0 Å². The quantitative estimate of drug-likeness (QED) is 0.678. The summed E-state index contributed by atoms with van der Waals surface area (Å²) in [5, 5.41) is 0.891. The first kappa shape index (κ1) is 17.6. The van der Waals surface area contributed by atoms with Crippen LogP contribution >= 0.6 is 23.2 Å². The van der Waals surface area contributed by atoms with Crippen LogP contribution in [0.1, 0.15) is 10.4 Å². The van der Waals surface area contributed by atoms with Crippen LogP contribution in [-0.4, -0.2) is 34.6 Å². The van der Waals surface area contributed by atoms with Crippen molar-refractivity contribution in [1.82, 2.24) is 9.55 Å². The maximum absolute atomic E-state index is 11.9. The number of Topliss-reactive ketones (excluding diaryl/α,β-unsaturated/α-hetero) is 1. The van der Waals surface area contributed by atoms with Crippen LogP contribution in [0, 0.1) is 0 Å². The van der Waals surface area contributed by atoms with Gasteiger partial charge in [0, 0.05) is 23.0 Å². The SMILES string of the molecule is CS(=O)(=O)O.O=C(Cn1ccnc1)c1ccc(Cl)cc1Cl. The van der Waals surface area contributed by atoms with E-state index in [0.29, 0.717) is 21.9 Å². The molecule has 0 radical (unpaired) electrons. The Morgan fingerprint density at radius 2 is 2.00 bits per heavy atom. The normalized spacial score (nSPS) is 10.7. The number of carbonyl (C=O) groups is 1. The monoisotopic (exact) mass is 350 g/mol.